The van der Waals surface area contributed by atoms with Gasteiger partial charge in [-0.15, -0.1) is 0 Å². The minimum absolute atomic E-state index is 0.538. The van der Waals surface area contributed by atoms with Gasteiger partial charge in [-0.1, -0.05) is 24.3 Å². The Morgan fingerprint density at radius 2 is 1.82 bits per heavy atom. The third kappa shape index (κ3) is 2.45. The molecule has 0 fully saturated rings. The van der Waals surface area contributed by atoms with Gasteiger partial charge in [0, 0.05) is 6.04 Å². The summed E-state index contributed by atoms with van der Waals surface area (Å²) in [5.74, 6) is 0.979. The third-order valence-corrected chi connectivity index (χ3v) is 3.67. The summed E-state index contributed by atoms with van der Waals surface area (Å²) >= 11 is 3.31. The highest BCUT2D eigenvalue weighted by molar-refractivity contribution is 9.10. The number of nitrogens with one attached hydrogen (secondary N) is 1. The molecule has 0 radical (unpaired) electrons. The van der Waals surface area contributed by atoms with Crippen LogP contribution in [0.15, 0.2) is 45.5 Å². The first-order chi connectivity index (χ1) is 8.31. The molecule has 1 aliphatic carbocycles. The van der Waals surface area contributed by atoms with Gasteiger partial charge in [0.05, 0.1) is 6.54 Å². The maximum Gasteiger partial charge on any atom is 0.169 e. The molecule has 17 heavy (non-hydrogen) atoms. The van der Waals surface area contributed by atoms with E-state index in [0.29, 0.717) is 6.04 Å². The first-order valence-corrected chi connectivity index (χ1v) is 6.65. The lowest BCUT2D eigenvalue weighted by atomic mass is 10.1. The lowest BCUT2D eigenvalue weighted by Gasteiger charge is -2.09. The lowest BCUT2D eigenvalue weighted by Crippen LogP contribution is -2.28. The van der Waals surface area contributed by atoms with Gasteiger partial charge in [0.25, 0.3) is 0 Å². The summed E-state index contributed by atoms with van der Waals surface area (Å²) in [5.41, 5.74) is 2.95. The first kappa shape index (κ1) is 11.1. The van der Waals surface area contributed by atoms with Crippen molar-refractivity contribution < 1.29 is 4.42 Å². The fourth-order valence-electron chi connectivity index (χ4n) is 2.39. The van der Waals surface area contributed by atoms with Crippen molar-refractivity contribution in [2.45, 2.75) is 25.4 Å². The van der Waals surface area contributed by atoms with Gasteiger partial charge >= 0.3 is 0 Å². The van der Waals surface area contributed by atoms with Crippen molar-refractivity contribution in [3.05, 3.63) is 58.0 Å². The Kier molecular flexibility index (Phi) is 3.04. The predicted molar refractivity (Wildman–Crippen MR) is 70.9 cm³/mol. The highest BCUT2D eigenvalue weighted by Gasteiger charge is 2.20. The van der Waals surface area contributed by atoms with E-state index in [-0.39, 0.29) is 0 Å². The monoisotopic (exact) mass is 291 g/mol. The Bertz CT molecular complexity index is 495. The van der Waals surface area contributed by atoms with Crippen LogP contribution in [0, 0.1) is 0 Å². The molecule has 0 unspecified atom stereocenters. The van der Waals surface area contributed by atoms with Crippen molar-refractivity contribution in [3.8, 4) is 0 Å². The molecule has 1 aromatic heterocycles. The van der Waals surface area contributed by atoms with Crippen LogP contribution in [0.5, 0.6) is 0 Å². The van der Waals surface area contributed by atoms with E-state index >= 15 is 0 Å². The zero-order chi connectivity index (χ0) is 11.7. The van der Waals surface area contributed by atoms with Crippen molar-refractivity contribution in [2.24, 2.45) is 0 Å². The zero-order valence-corrected chi connectivity index (χ0v) is 11.0. The van der Waals surface area contributed by atoms with Crippen molar-refractivity contribution >= 4 is 15.9 Å². The van der Waals surface area contributed by atoms with Crippen molar-refractivity contribution in [3.63, 3.8) is 0 Å². The SMILES string of the molecule is Brc1ccc(CNC2Cc3ccccc3C2)o1. The van der Waals surface area contributed by atoms with Gasteiger partial charge in [-0.25, -0.2) is 0 Å². The second kappa shape index (κ2) is 4.67. The molecule has 1 aromatic carbocycles. The van der Waals surface area contributed by atoms with Crippen molar-refractivity contribution in [1.82, 2.24) is 5.32 Å². The molecule has 0 aliphatic heterocycles. The van der Waals surface area contributed by atoms with E-state index < -0.39 is 0 Å². The molecule has 2 aromatic rings. The van der Waals surface area contributed by atoms with Crippen LogP contribution >= 0.6 is 15.9 Å². The smallest absolute Gasteiger partial charge is 0.169 e. The average Bonchev–Trinajstić information content (AvgIpc) is 2.91. The number of furan rings is 1. The van der Waals surface area contributed by atoms with Gasteiger partial charge < -0.3 is 9.73 Å². The normalized spacial score (nSPS) is 15.1. The molecule has 3 rings (SSSR count). The maximum absolute atomic E-state index is 5.47. The molecule has 88 valence electrons. The fourth-order valence-corrected chi connectivity index (χ4v) is 2.73. The molecular formula is C14H14BrNO. The third-order valence-electron chi connectivity index (χ3n) is 3.24. The van der Waals surface area contributed by atoms with Crippen LogP contribution in [0.4, 0.5) is 0 Å². The topological polar surface area (TPSA) is 25.2 Å². The van der Waals surface area contributed by atoms with Gasteiger partial charge in [-0.2, -0.15) is 0 Å². The van der Waals surface area contributed by atoms with Gasteiger partial charge in [0.1, 0.15) is 5.76 Å². The van der Waals surface area contributed by atoms with E-state index in [1.165, 1.54) is 11.1 Å². The van der Waals surface area contributed by atoms with Gasteiger partial charge in [0.2, 0.25) is 0 Å². The summed E-state index contributed by atoms with van der Waals surface area (Å²) in [5, 5.41) is 3.54. The van der Waals surface area contributed by atoms with Crippen LogP contribution in [0.3, 0.4) is 0 Å². The quantitative estimate of drug-likeness (QED) is 0.939. The molecule has 2 nitrogen and oxygen atoms in total. The minimum atomic E-state index is 0.538. The number of hydrogen-bond donors (Lipinski definition) is 1. The Labute approximate surface area is 109 Å². The molecule has 0 saturated carbocycles. The van der Waals surface area contributed by atoms with E-state index in [4.69, 9.17) is 4.42 Å². The number of fused-ring (bicyclic) bond motifs is 1. The van der Waals surface area contributed by atoms with Gasteiger partial charge in [-0.3, -0.25) is 0 Å². The number of halogens is 1. The van der Waals surface area contributed by atoms with E-state index in [1.807, 2.05) is 12.1 Å². The molecule has 0 bridgehead atoms. The number of hydrogen-bond acceptors (Lipinski definition) is 2. The fraction of sp³-hybridized carbons (Fsp3) is 0.286. The van der Waals surface area contributed by atoms with Crippen LogP contribution in [-0.4, -0.2) is 6.04 Å². The van der Waals surface area contributed by atoms with Crippen molar-refractivity contribution in [2.75, 3.05) is 0 Å². The molecule has 1 aliphatic rings. The van der Waals surface area contributed by atoms with Crippen LogP contribution in [0.1, 0.15) is 16.9 Å². The molecule has 0 atom stereocenters. The molecule has 1 heterocycles. The molecule has 0 saturated heterocycles. The van der Waals surface area contributed by atoms with E-state index in [0.717, 1.165) is 29.8 Å². The molecule has 0 spiro atoms. The summed E-state index contributed by atoms with van der Waals surface area (Å²) in [4.78, 5) is 0. The standard InChI is InChI=1S/C14H14BrNO/c15-14-6-5-13(17-14)9-16-12-7-10-3-1-2-4-11(10)8-12/h1-6,12,16H,7-9H2. The Morgan fingerprint density at radius 1 is 1.12 bits per heavy atom. The highest BCUT2D eigenvalue weighted by Crippen LogP contribution is 2.22. The summed E-state index contributed by atoms with van der Waals surface area (Å²) in [7, 11) is 0. The van der Waals surface area contributed by atoms with Crippen LogP contribution in [-0.2, 0) is 19.4 Å². The minimum Gasteiger partial charge on any atom is -0.453 e. The highest BCUT2D eigenvalue weighted by atomic mass is 79.9. The van der Waals surface area contributed by atoms with E-state index in [1.54, 1.807) is 0 Å². The lowest BCUT2D eigenvalue weighted by molar-refractivity contribution is 0.437. The van der Waals surface area contributed by atoms with E-state index in [2.05, 4.69) is 45.5 Å². The first-order valence-electron chi connectivity index (χ1n) is 5.85. The summed E-state index contributed by atoms with van der Waals surface area (Å²) < 4.78 is 6.27. The number of rotatable bonds is 3. The Hall–Kier alpha value is -1.06. The molecular weight excluding hydrogens is 278 g/mol. The second-order valence-corrected chi connectivity index (χ2v) is 5.24. The Morgan fingerprint density at radius 3 is 2.41 bits per heavy atom. The van der Waals surface area contributed by atoms with Gasteiger partial charge in [0.15, 0.2) is 4.67 Å². The summed E-state index contributed by atoms with van der Waals surface area (Å²) in [6.45, 7) is 0.796. The number of benzene rings is 1. The van der Waals surface area contributed by atoms with Crippen LogP contribution in [0.2, 0.25) is 0 Å². The van der Waals surface area contributed by atoms with Crippen LogP contribution in [0.25, 0.3) is 0 Å². The molecule has 3 heteroatoms. The van der Waals surface area contributed by atoms with E-state index in [9.17, 15) is 0 Å². The summed E-state index contributed by atoms with van der Waals surface area (Å²) in [6.07, 6.45) is 2.25. The molecule has 0 amide bonds. The predicted octanol–water partition coefficient (Wildman–Crippen LogP) is 3.30. The average molecular weight is 292 g/mol. The molecule has 1 N–H and O–H groups in total. The second-order valence-electron chi connectivity index (χ2n) is 4.46. The Balaban J connectivity index is 1.59. The zero-order valence-electron chi connectivity index (χ0n) is 9.45. The van der Waals surface area contributed by atoms with Crippen molar-refractivity contribution in [1.29, 1.82) is 0 Å². The van der Waals surface area contributed by atoms with Gasteiger partial charge in [-0.05, 0) is 52.0 Å². The van der Waals surface area contributed by atoms with Crippen LogP contribution < -0.4 is 5.32 Å². The summed E-state index contributed by atoms with van der Waals surface area (Å²) in [6, 6.07) is 13.1. The maximum atomic E-state index is 5.47. The largest absolute Gasteiger partial charge is 0.453 e.